The quantitative estimate of drug-likeness (QED) is 0.899. The Balaban J connectivity index is 1.87. The number of aromatic nitrogens is 1. The lowest BCUT2D eigenvalue weighted by Crippen LogP contribution is -2.18. The average molecular weight is 284 g/mol. The van der Waals surface area contributed by atoms with E-state index in [1.807, 2.05) is 31.2 Å². The van der Waals surface area contributed by atoms with Crippen molar-refractivity contribution in [3.63, 3.8) is 0 Å². The van der Waals surface area contributed by atoms with Gasteiger partial charge in [-0.25, -0.2) is 4.98 Å². The van der Waals surface area contributed by atoms with E-state index in [2.05, 4.69) is 10.3 Å². The summed E-state index contributed by atoms with van der Waals surface area (Å²) in [6.45, 7) is 2.55. The third kappa shape index (κ3) is 2.94. The number of rotatable bonds is 4. The van der Waals surface area contributed by atoms with Crippen LogP contribution >= 0.6 is 0 Å². The minimum atomic E-state index is 0.234. The molecule has 21 heavy (non-hydrogen) atoms. The summed E-state index contributed by atoms with van der Waals surface area (Å²) in [5.74, 6) is 0.983. The van der Waals surface area contributed by atoms with E-state index < -0.39 is 0 Å². The van der Waals surface area contributed by atoms with Crippen LogP contribution in [0.4, 0.5) is 5.69 Å². The molecule has 0 aliphatic heterocycles. The Morgan fingerprint density at radius 1 is 1.38 bits per heavy atom. The molecule has 0 radical (unpaired) electrons. The number of nitrogens with zero attached hydrogens (tertiary/aromatic N) is 1. The van der Waals surface area contributed by atoms with Gasteiger partial charge >= 0.3 is 0 Å². The zero-order chi connectivity index (χ0) is 14.7. The summed E-state index contributed by atoms with van der Waals surface area (Å²) in [4.78, 5) is 4.28. The molecule has 1 unspecified atom stereocenters. The predicted molar refractivity (Wildman–Crippen MR) is 82.8 cm³/mol. The molecule has 3 rings (SSSR count). The number of phenols is 1. The van der Waals surface area contributed by atoms with E-state index in [1.165, 1.54) is 11.1 Å². The van der Waals surface area contributed by atoms with Crippen LogP contribution in [0.15, 0.2) is 36.5 Å². The van der Waals surface area contributed by atoms with Gasteiger partial charge < -0.3 is 15.2 Å². The molecule has 0 spiro atoms. The van der Waals surface area contributed by atoms with E-state index in [-0.39, 0.29) is 6.04 Å². The number of anilines is 1. The van der Waals surface area contributed by atoms with Gasteiger partial charge in [-0.3, -0.25) is 0 Å². The highest BCUT2D eigenvalue weighted by Crippen LogP contribution is 2.35. The fourth-order valence-corrected chi connectivity index (χ4v) is 2.89. The van der Waals surface area contributed by atoms with Crippen molar-refractivity contribution >= 4 is 5.69 Å². The van der Waals surface area contributed by atoms with Gasteiger partial charge in [0.15, 0.2) is 0 Å². The second-order valence-corrected chi connectivity index (χ2v) is 5.26. The van der Waals surface area contributed by atoms with Crippen LogP contribution in [0.3, 0.4) is 0 Å². The maximum absolute atomic E-state index is 9.63. The molecule has 110 valence electrons. The number of aromatic hydroxyl groups is 1. The molecule has 0 fully saturated rings. The van der Waals surface area contributed by atoms with E-state index in [0.717, 1.165) is 24.9 Å². The Bertz CT molecular complexity index is 628. The molecular weight excluding hydrogens is 264 g/mol. The number of ether oxygens (including phenoxy) is 1. The van der Waals surface area contributed by atoms with Gasteiger partial charge in [0.1, 0.15) is 5.75 Å². The molecule has 0 amide bonds. The van der Waals surface area contributed by atoms with Gasteiger partial charge in [-0.2, -0.15) is 0 Å². The van der Waals surface area contributed by atoms with Crippen molar-refractivity contribution in [2.24, 2.45) is 0 Å². The number of phenolic OH excluding ortho intramolecular Hbond substituents is 1. The van der Waals surface area contributed by atoms with E-state index >= 15 is 0 Å². The molecule has 0 bridgehead atoms. The van der Waals surface area contributed by atoms with Crippen LogP contribution in [0.25, 0.3) is 0 Å². The number of aryl methyl sites for hydroxylation is 1. The van der Waals surface area contributed by atoms with Crippen LogP contribution in [0.1, 0.15) is 36.9 Å². The smallest absolute Gasteiger partial charge is 0.237 e. The standard InChI is InChI=1S/C17H20N2O2/c1-2-21-17-16(7-4-10-18-17)19-15-6-3-5-12-11-13(20)8-9-14(12)15/h4,7-11,15,19-20H,2-3,5-6H2,1H3. The molecule has 1 aliphatic carbocycles. The number of pyridine rings is 1. The van der Waals surface area contributed by atoms with Crippen LogP contribution in [-0.4, -0.2) is 16.7 Å². The van der Waals surface area contributed by atoms with Gasteiger partial charge in [0, 0.05) is 6.20 Å². The van der Waals surface area contributed by atoms with Crippen LogP contribution < -0.4 is 10.1 Å². The van der Waals surface area contributed by atoms with Gasteiger partial charge in [-0.15, -0.1) is 0 Å². The van der Waals surface area contributed by atoms with Crippen LogP contribution in [0.5, 0.6) is 11.6 Å². The molecule has 4 nitrogen and oxygen atoms in total. The Labute approximate surface area is 124 Å². The summed E-state index contributed by atoms with van der Waals surface area (Å²) >= 11 is 0. The van der Waals surface area contributed by atoms with Crippen LogP contribution in [0, 0.1) is 0 Å². The average Bonchev–Trinajstić information content (AvgIpc) is 2.49. The maximum Gasteiger partial charge on any atom is 0.237 e. The molecule has 0 saturated heterocycles. The van der Waals surface area contributed by atoms with Crippen molar-refractivity contribution in [1.29, 1.82) is 0 Å². The Morgan fingerprint density at radius 2 is 2.29 bits per heavy atom. The molecule has 4 heteroatoms. The Kier molecular flexibility index (Phi) is 3.95. The lowest BCUT2D eigenvalue weighted by molar-refractivity contribution is 0.328. The normalized spacial score (nSPS) is 17.1. The molecule has 1 heterocycles. The monoisotopic (exact) mass is 284 g/mol. The fourth-order valence-electron chi connectivity index (χ4n) is 2.89. The molecule has 2 aromatic rings. The van der Waals surface area contributed by atoms with Crippen molar-refractivity contribution in [2.45, 2.75) is 32.2 Å². The van der Waals surface area contributed by atoms with Crippen molar-refractivity contribution in [3.05, 3.63) is 47.7 Å². The zero-order valence-corrected chi connectivity index (χ0v) is 12.2. The topological polar surface area (TPSA) is 54.4 Å². The van der Waals surface area contributed by atoms with Crippen LogP contribution in [0.2, 0.25) is 0 Å². The van der Waals surface area contributed by atoms with Crippen molar-refractivity contribution in [1.82, 2.24) is 4.98 Å². The van der Waals surface area contributed by atoms with Crippen molar-refractivity contribution in [3.8, 4) is 11.6 Å². The molecule has 1 aromatic carbocycles. The molecule has 1 aliphatic rings. The number of nitrogens with one attached hydrogen (secondary N) is 1. The first-order chi connectivity index (χ1) is 10.3. The fraction of sp³-hybridized carbons (Fsp3) is 0.353. The molecular formula is C17H20N2O2. The van der Waals surface area contributed by atoms with E-state index in [4.69, 9.17) is 4.74 Å². The minimum absolute atomic E-state index is 0.234. The number of hydrogen-bond donors (Lipinski definition) is 2. The number of benzene rings is 1. The third-order valence-electron chi connectivity index (χ3n) is 3.82. The maximum atomic E-state index is 9.63. The second kappa shape index (κ2) is 6.04. The highest BCUT2D eigenvalue weighted by molar-refractivity contribution is 5.54. The summed E-state index contributed by atoms with van der Waals surface area (Å²) in [5, 5.41) is 13.2. The number of hydrogen-bond acceptors (Lipinski definition) is 4. The van der Waals surface area contributed by atoms with Gasteiger partial charge in [-0.1, -0.05) is 6.07 Å². The summed E-state index contributed by atoms with van der Waals surface area (Å²) in [6.07, 6.45) is 4.94. The molecule has 0 saturated carbocycles. The molecule has 2 N–H and O–H groups in total. The van der Waals surface area contributed by atoms with E-state index in [9.17, 15) is 5.11 Å². The highest BCUT2D eigenvalue weighted by Gasteiger charge is 2.21. The lowest BCUT2D eigenvalue weighted by atomic mass is 9.87. The van der Waals surface area contributed by atoms with E-state index in [0.29, 0.717) is 18.2 Å². The minimum Gasteiger partial charge on any atom is -0.508 e. The van der Waals surface area contributed by atoms with E-state index in [1.54, 1.807) is 12.3 Å². The second-order valence-electron chi connectivity index (χ2n) is 5.26. The molecule has 1 aromatic heterocycles. The summed E-state index contributed by atoms with van der Waals surface area (Å²) in [7, 11) is 0. The molecule has 1 atom stereocenters. The van der Waals surface area contributed by atoms with Gasteiger partial charge in [0.2, 0.25) is 5.88 Å². The first kappa shape index (κ1) is 13.7. The third-order valence-corrected chi connectivity index (χ3v) is 3.82. The SMILES string of the molecule is CCOc1ncccc1NC1CCCc2cc(O)ccc21. The number of fused-ring (bicyclic) bond motifs is 1. The summed E-state index contributed by atoms with van der Waals surface area (Å²) in [6, 6.07) is 9.77. The van der Waals surface area contributed by atoms with Crippen molar-refractivity contribution in [2.75, 3.05) is 11.9 Å². The van der Waals surface area contributed by atoms with Crippen LogP contribution in [-0.2, 0) is 6.42 Å². The van der Waals surface area contributed by atoms with Gasteiger partial charge in [0.25, 0.3) is 0 Å². The summed E-state index contributed by atoms with van der Waals surface area (Å²) < 4.78 is 5.57. The van der Waals surface area contributed by atoms with Gasteiger partial charge in [-0.05, 0) is 61.6 Å². The highest BCUT2D eigenvalue weighted by atomic mass is 16.5. The largest absolute Gasteiger partial charge is 0.508 e. The zero-order valence-electron chi connectivity index (χ0n) is 12.2. The first-order valence-electron chi connectivity index (χ1n) is 7.44. The van der Waals surface area contributed by atoms with Crippen molar-refractivity contribution < 1.29 is 9.84 Å². The Hall–Kier alpha value is -2.23. The Morgan fingerprint density at radius 3 is 3.14 bits per heavy atom. The lowest BCUT2D eigenvalue weighted by Gasteiger charge is -2.27. The predicted octanol–water partition coefficient (Wildman–Crippen LogP) is 3.68. The van der Waals surface area contributed by atoms with Gasteiger partial charge in [0.05, 0.1) is 18.3 Å². The summed E-state index contributed by atoms with van der Waals surface area (Å²) in [5.41, 5.74) is 3.40. The first-order valence-corrected chi connectivity index (χ1v) is 7.44.